The van der Waals surface area contributed by atoms with Crippen LogP contribution in [0.5, 0.6) is 5.75 Å². The van der Waals surface area contributed by atoms with Crippen molar-refractivity contribution in [2.24, 2.45) is 0 Å². The highest BCUT2D eigenvalue weighted by Crippen LogP contribution is 2.23. The summed E-state index contributed by atoms with van der Waals surface area (Å²) < 4.78 is 10.3. The Kier molecular flexibility index (Phi) is 7.92. The predicted molar refractivity (Wildman–Crippen MR) is 110 cm³/mol. The maximum absolute atomic E-state index is 12.8. The number of hydrogen-bond donors (Lipinski definition) is 1. The van der Waals surface area contributed by atoms with Crippen LogP contribution < -0.4 is 15.0 Å². The Balaban J connectivity index is 2.12. The van der Waals surface area contributed by atoms with Crippen LogP contribution in [0.2, 0.25) is 0 Å². The van der Waals surface area contributed by atoms with Crippen molar-refractivity contribution in [2.75, 3.05) is 23.4 Å². The van der Waals surface area contributed by atoms with Crippen LogP contribution in [-0.4, -0.2) is 25.3 Å². The summed E-state index contributed by atoms with van der Waals surface area (Å²) in [5.74, 6) is 2.53. The van der Waals surface area contributed by atoms with E-state index in [9.17, 15) is 9.59 Å². The number of unbranched alkanes of at least 4 members (excludes halogenated alkanes) is 1. The van der Waals surface area contributed by atoms with E-state index in [4.69, 9.17) is 15.9 Å². The minimum atomic E-state index is -0.675. The Morgan fingerprint density at radius 2 is 1.96 bits per heavy atom. The Bertz CT molecular complexity index is 858. The van der Waals surface area contributed by atoms with Crippen molar-refractivity contribution >= 4 is 23.6 Å². The van der Waals surface area contributed by atoms with Crippen LogP contribution in [0, 0.1) is 19.3 Å². The number of ether oxygens (including phenoxy) is 2. The van der Waals surface area contributed by atoms with Gasteiger partial charge >= 0.3 is 12.2 Å². The fraction of sp³-hybridized carbons (Fsp3) is 0.273. The number of carbonyl (C=O) groups excluding carboxylic acids is 2. The van der Waals surface area contributed by atoms with Gasteiger partial charge in [0.25, 0.3) is 0 Å². The number of anilines is 2. The smallest absolute Gasteiger partial charge is 0.419 e. The van der Waals surface area contributed by atoms with Crippen molar-refractivity contribution in [3.8, 4) is 18.1 Å². The van der Waals surface area contributed by atoms with Gasteiger partial charge in [-0.15, -0.1) is 6.42 Å². The molecule has 6 nitrogen and oxygen atoms in total. The minimum absolute atomic E-state index is 0.122. The van der Waals surface area contributed by atoms with E-state index < -0.39 is 12.2 Å². The van der Waals surface area contributed by atoms with Crippen LogP contribution in [0.1, 0.15) is 25.3 Å². The summed E-state index contributed by atoms with van der Waals surface area (Å²) in [6, 6.07) is 14.2. The third-order valence-corrected chi connectivity index (χ3v) is 3.93. The first kappa shape index (κ1) is 20.8. The van der Waals surface area contributed by atoms with Crippen molar-refractivity contribution in [3.05, 3.63) is 54.1 Å². The largest absolute Gasteiger partial charge is 0.436 e. The molecule has 0 fully saturated rings. The second-order valence-corrected chi connectivity index (χ2v) is 6.09. The lowest BCUT2D eigenvalue weighted by molar-refractivity contribution is 0.176. The van der Waals surface area contributed by atoms with Gasteiger partial charge in [-0.2, -0.15) is 0 Å². The van der Waals surface area contributed by atoms with E-state index in [0.717, 1.165) is 24.1 Å². The van der Waals surface area contributed by atoms with Crippen molar-refractivity contribution < 1.29 is 19.1 Å². The highest BCUT2D eigenvalue weighted by atomic mass is 16.6. The number of carbonyl (C=O) groups is 2. The zero-order valence-electron chi connectivity index (χ0n) is 16.1. The number of nitrogens with one attached hydrogen (secondary N) is 1. The topological polar surface area (TPSA) is 67.9 Å². The minimum Gasteiger partial charge on any atom is -0.436 e. The lowest BCUT2D eigenvalue weighted by Crippen LogP contribution is -2.35. The van der Waals surface area contributed by atoms with Gasteiger partial charge in [-0.1, -0.05) is 43.5 Å². The molecule has 2 amide bonds. The zero-order chi connectivity index (χ0) is 20.4. The molecule has 0 atom stereocenters. The van der Waals surface area contributed by atoms with Crippen LogP contribution in [0.25, 0.3) is 0 Å². The van der Waals surface area contributed by atoms with E-state index in [1.165, 1.54) is 0 Å². The van der Waals surface area contributed by atoms with E-state index in [1.807, 2.05) is 31.2 Å². The van der Waals surface area contributed by atoms with E-state index in [-0.39, 0.29) is 6.61 Å². The van der Waals surface area contributed by atoms with Gasteiger partial charge in [0.2, 0.25) is 0 Å². The lowest BCUT2D eigenvalue weighted by Gasteiger charge is -2.23. The number of aryl methyl sites for hydroxylation is 1. The molecule has 146 valence electrons. The summed E-state index contributed by atoms with van der Waals surface area (Å²) >= 11 is 0. The van der Waals surface area contributed by atoms with Crippen LogP contribution >= 0.6 is 0 Å². The number of nitrogens with zero attached hydrogens (tertiary/aromatic N) is 1. The normalized spacial score (nSPS) is 9.89. The average molecular weight is 380 g/mol. The van der Waals surface area contributed by atoms with Crippen molar-refractivity contribution in [2.45, 2.75) is 26.7 Å². The molecule has 0 bridgehead atoms. The Morgan fingerprint density at radius 1 is 1.18 bits per heavy atom. The van der Waals surface area contributed by atoms with Gasteiger partial charge < -0.3 is 9.47 Å². The quantitative estimate of drug-likeness (QED) is 0.688. The monoisotopic (exact) mass is 380 g/mol. The lowest BCUT2D eigenvalue weighted by atomic mass is 10.2. The second kappa shape index (κ2) is 10.6. The molecule has 0 saturated carbocycles. The van der Waals surface area contributed by atoms with Crippen molar-refractivity contribution in [1.82, 2.24) is 0 Å². The molecular weight excluding hydrogens is 356 g/mol. The molecule has 0 aromatic heterocycles. The molecule has 0 spiro atoms. The molecule has 2 aromatic rings. The maximum atomic E-state index is 12.8. The van der Waals surface area contributed by atoms with Gasteiger partial charge in [-0.05, 0) is 37.1 Å². The summed E-state index contributed by atoms with van der Waals surface area (Å²) in [5, 5.41) is 2.53. The maximum Gasteiger partial charge on any atom is 0.419 e. The third-order valence-electron chi connectivity index (χ3n) is 3.93. The Hall–Kier alpha value is -3.46. The number of benzene rings is 2. The molecule has 0 aliphatic rings. The molecule has 2 rings (SSSR count). The Morgan fingerprint density at radius 3 is 2.68 bits per heavy atom. The van der Waals surface area contributed by atoms with E-state index in [0.29, 0.717) is 18.0 Å². The number of para-hydroxylation sites is 1. The molecule has 28 heavy (non-hydrogen) atoms. The third kappa shape index (κ3) is 6.06. The summed E-state index contributed by atoms with van der Waals surface area (Å²) in [5.41, 5.74) is 2.23. The number of terminal acetylenes is 1. The van der Waals surface area contributed by atoms with E-state index >= 15 is 0 Å². The molecule has 0 aliphatic heterocycles. The SMILES string of the molecule is C#CCOC(=O)Nc1cccc(OC(=O)N(CCCC)c2ccccc2C)c1. The van der Waals surface area contributed by atoms with Crippen LogP contribution in [0.4, 0.5) is 21.0 Å². The molecule has 2 aromatic carbocycles. The fourth-order valence-corrected chi connectivity index (χ4v) is 2.55. The van der Waals surface area contributed by atoms with E-state index in [1.54, 1.807) is 29.2 Å². The van der Waals surface area contributed by atoms with Crippen molar-refractivity contribution in [1.29, 1.82) is 0 Å². The van der Waals surface area contributed by atoms with Gasteiger partial charge in [0.15, 0.2) is 6.61 Å². The second-order valence-electron chi connectivity index (χ2n) is 6.09. The highest BCUT2D eigenvalue weighted by Gasteiger charge is 2.19. The molecule has 1 N–H and O–H groups in total. The fourth-order valence-electron chi connectivity index (χ4n) is 2.55. The first-order valence-electron chi connectivity index (χ1n) is 9.07. The molecule has 0 aliphatic carbocycles. The molecular formula is C22H24N2O4. The number of hydrogen-bond acceptors (Lipinski definition) is 4. The van der Waals surface area contributed by atoms with Gasteiger partial charge in [0.05, 0.1) is 0 Å². The van der Waals surface area contributed by atoms with E-state index in [2.05, 4.69) is 18.2 Å². The molecule has 0 radical (unpaired) electrons. The van der Waals surface area contributed by atoms with Crippen molar-refractivity contribution in [3.63, 3.8) is 0 Å². The number of rotatable bonds is 7. The van der Waals surface area contributed by atoms with Crippen LogP contribution in [0.3, 0.4) is 0 Å². The summed E-state index contributed by atoms with van der Waals surface area (Å²) in [6.45, 7) is 4.45. The Labute approximate surface area is 165 Å². The van der Waals surface area contributed by atoms with Crippen LogP contribution in [0.15, 0.2) is 48.5 Å². The first-order chi connectivity index (χ1) is 13.5. The predicted octanol–water partition coefficient (Wildman–Crippen LogP) is 4.98. The molecule has 0 saturated heterocycles. The summed E-state index contributed by atoms with van der Waals surface area (Å²) in [7, 11) is 0. The van der Waals surface area contributed by atoms with Gasteiger partial charge in [-0.25, -0.2) is 9.59 Å². The highest BCUT2D eigenvalue weighted by molar-refractivity contribution is 5.90. The summed E-state index contributed by atoms with van der Waals surface area (Å²) in [6.07, 6.45) is 5.71. The van der Waals surface area contributed by atoms with Gasteiger partial charge in [0.1, 0.15) is 5.75 Å². The summed E-state index contributed by atoms with van der Waals surface area (Å²) in [4.78, 5) is 26.0. The van der Waals surface area contributed by atoms with Crippen LogP contribution in [-0.2, 0) is 4.74 Å². The zero-order valence-corrected chi connectivity index (χ0v) is 16.1. The van der Waals surface area contributed by atoms with Gasteiger partial charge in [0, 0.05) is 24.0 Å². The molecule has 6 heteroatoms. The molecule has 0 heterocycles. The standard InChI is InChI=1S/C22H24N2O4/c1-4-6-14-24(20-13-8-7-10-17(20)3)22(26)28-19-12-9-11-18(16-19)23-21(25)27-15-5-2/h2,7-13,16H,4,6,14-15H2,1,3H3,(H,23,25). The molecule has 0 unspecified atom stereocenters. The van der Waals surface area contributed by atoms with Gasteiger partial charge in [-0.3, -0.25) is 10.2 Å². The first-order valence-corrected chi connectivity index (χ1v) is 9.07. The average Bonchev–Trinajstić information content (AvgIpc) is 2.68. The number of amides is 2.